The fourth-order valence-electron chi connectivity index (χ4n) is 2.47. The van der Waals surface area contributed by atoms with E-state index in [2.05, 4.69) is 20.9 Å². The highest BCUT2D eigenvalue weighted by Gasteiger charge is 2.30. The van der Waals surface area contributed by atoms with Gasteiger partial charge in [-0.05, 0) is 30.5 Å². The van der Waals surface area contributed by atoms with E-state index in [0.29, 0.717) is 12.6 Å². The van der Waals surface area contributed by atoms with Crippen molar-refractivity contribution >= 4 is 32.8 Å². The molecule has 1 aliphatic rings. The van der Waals surface area contributed by atoms with E-state index in [1.165, 1.54) is 0 Å². The van der Waals surface area contributed by atoms with Crippen LogP contribution < -0.4 is 0 Å². The van der Waals surface area contributed by atoms with Crippen LogP contribution in [0.15, 0.2) is 34.9 Å². The third kappa shape index (κ3) is 2.83. The molecule has 1 aromatic heterocycles. The molecule has 0 unspecified atom stereocenters. The van der Waals surface area contributed by atoms with Crippen LogP contribution in [0, 0.1) is 0 Å². The molecule has 1 saturated carbocycles. The van der Waals surface area contributed by atoms with Crippen molar-refractivity contribution in [3.8, 4) is 0 Å². The summed E-state index contributed by atoms with van der Waals surface area (Å²) in [5.41, 5.74) is 2.02. The first-order chi connectivity index (χ1) is 9.65. The monoisotopic (exact) mass is 334 g/mol. The van der Waals surface area contributed by atoms with Gasteiger partial charge in [-0.1, -0.05) is 28.1 Å². The Kier molecular flexibility index (Phi) is 3.72. The average Bonchev–Trinajstić information content (AvgIpc) is 3.25. The molecule has 0 atom stereocenters. The average molecular weight is 335 g/mol. The maximum atomic E-state index is 11.0. The highest BCUT2D eigenvalue weighted by molar-refractivity contribution is 9.10. The molecule has 0 aliphatic heterocycles. The summed E-state index contributed by atoms with van der Waals surface area (Å²) in [7, 11) is 0. The van der Waals surface area contributed by atoms with Gasteiger partial charge in [0.2, 0.25) is 0 Å². The number of aliphatic carboxylic acids is 1. The Balaban J connectivity index is 1.93. The molecule has 1 aliphatic carbocycles. The van der Waals surface area contributed by atoms with Crippen LogP contribution in [0.1, 0.15) is 18.4 Å². The predicted octanol–water partition coefficient (Wildman–Crippen LogP) is 3.05. The maximum Gasteiger partial charge on any atom is 0.317 e. The summed E-state index contributed by atoms with van der Waals surface area (Å²) in [5, 5.41) is 10.1. The predicted molar refractivity (Wildman–Crippen MR) is 80.5 cm³/mol. The number of hydrogen-bond acceptors (Lipinski definition) is 3. The number of halogens is 1. The van der Waals surface area contributed by atoms with Gasteiger partial charge in [-0.2, -0.15) is 0 Å². The number of carboxylic acid groups (broad SMARTS) is 1. The lowest BCUT2D eigenvalue weighted by Crippen LogP contribution is -2.31. The van der Waals surface area contributed by atoms with Crippen LogP contribution >= 0.6 is 15.9 Å². The number of pyridine rings is 1. The van der Waals surface area contributed by atoms with Gasteiger partial charge in [0.25, 0.3) is 0 Å². The van der Waals surface area contributed by atoms with Gasteiger partial charge in [0, 0.05) is 28.6 Å². The molecule has 1 fully saturated rings. The fourth-order valence-corrected chi connectivity index (χ4v) is 2.92. The molecule has 2 aromatic rings. The molecule has 0 radical (unpaired) electrons. The third-order valence-electron chi connectivity index (χ3n) is 3.58. The topological polar surface area (TPSA) is 53.4 Å². The van der Waals surface area contributed by atoms with Gasteiger partial charge in [-0.25, -0.2) is 0 Å². The summed E-state index contributed by atoms with van der Waals surface area (Å²) >= 11 is 3.53. The van der Waals surface area contributed by atoms with E-state index in [4.69, 9.17) is 5.11 Å². The maximum absolute atomic E-state index is 11.0. The zero-order chi connectivity index (χ0) is 14.1. The van der Waals surface area contributed by atoms with Gasteiger partial charge in [-0.3, -0.25) is 14.7 Å². The summed E-state index contributed by atoms with van der Waals surface area (Å²) in [4.78, 5) is 17.5. The fraction of sp³-hybridized carbons (Fsp3) is 0.333. The molecule has 0 amide bonds. The third-order valence-corrected chi connectivity index (χ3v) is 4.27. The lowest BCUT2D eigenvalue weighted by Gasteiger charge is -2.20. The van der Waals surface area contributed by atoms with Crippen LogP contribution in [0.4, 0.5) is 0 Å². The van der Waals surface area contributed by atoms with Crippen LogP contribution in [-0.2, 0) is 11.3 Å². The molecule has 1 heterocycles. The van der Waals surface area contributed by atoms with Crippen molar-refractivity contribution in [1.82, 2.24) is 9.88 Å². The molecule has 4 nitrogen and oxygen atoms in total. The number of benzene rings is 1. The van der Waals surface area contributed by atoms with Gasteiger partial charge < -0.3 is 5.11 Å². The van der Waals surface area contributed by atoms with Gasteiger partial charge in [0.15, 0.2) is 0 Å². The van der Waals surface area contributed by atoms with Crippen molar-refractivity contribution < 1.29 is 9.90 Å². The van der Waals surface area contributed by atoms with Gasteiger partial charge in [0.05, 0.1) is 12.1 Å². The molecular formula is C15H15BrN2O2. The minimum atomic E-state index is -0.772. The Morgan fingerprint density at radius 2 is 2.20 bits per heavy atom. The molecule has 20 heavy (non-hydrogen) atoms. The molecule has 1 N–H and O–H groups in total. The van der Waals surface area contributed by atoms with Gasteiger partial charge >= 0.3 is 5.97 Å². The molecule has 0 saturated heterocycles. The largest absolute Gasteiger partial charge is 0.480 e. The zero-order valence-electron chi connectivity index (χ0n) is 10.9. The molecule has 0 spiro atoms. The lowest BCUT2D eigenvalue weighted by atomic mass is 10.1. The number of nitrogens with zero attached hydrogens (tertiary/aromatic N) is 2. The Morgan fingerprint density at radius 1 is 1.40 bits per heavy atom. The minimum Gasteiger partial charge on any atom is -0.480 e. The van der Waals surface area contributed by atoms with Crippen molar-refractivity contribution in [1.29, 1.82) is 0 Å². The van der Waals surface area contributed by atoms with Crippen LogP contribution in [0.2, 0.25) is 0 Å². The summed E-state index contributed by atoms with van der Waals surface area (Å²) in [6, 6.07) is 8.37. The Hall–Kier alpha value is -1.46. The van der Waals surface area contributed by atoms with Crippen molar-refractivity contribution in [3.05, 3.63) is 40.5 Å². The van der Waals surface area contributed by atoms with E-state index in [1.807, 2.05) is 29.2 Å². The van der Waals surface area contributed by atoms with E-state index >= 15 is 0 Å². The summed E-state index contributed by atoms with van der Waals surface area (Å²) in [5.74, 6) is -0.772. The van der Waals surface area contributed by atoms with Crippen molar-refractivity contribution in [2.75, 3.05) is 6.54 Å². The molecule has 0 bridgehead atoms. The van der Waals surface area contributed by atoms with Crippen LogP contribution in [0.3, 0.4) is 0 Å². The first-order valence-corrected chi connectivity index (χ1v) is 7.42. The SMILES string of the molecule is O=C(O)CN(Cc1ccc(Br)c2cccnc12)C1CC1. The molecule has 5 heteroatoms. The summed E-state index contributed by atoms with van der Waals surface area (Å²) in [6.45, 7) is 0.729. The van der Waals surface area contributed by atoms with E-state index in [-0.39, 0.29) is 6.54 Å². The minimum absolute atomic E-state index is 0.0923. The van der Waals surface area contributed by atoms with Gasteiger partial charge in [-0.15, -0.1) is 0 Å². The van der Waals surface area contributed by atoms with E-state index in [0.717, 1.165) is 33.8 Å². The number of rotatable bonds is 5. The summed E-state index contributed by atoms with van der Waals surface area (Å²) < 4.78 is 1.01. The molecule has 104 valence electrons. The number of aromatic nitrogens is 1. The molecule has 3 rings (SSSR count). The van der Waals surface area contributed by atoms with Gasteiger partial charge in [0.1, 0.15) is 0 Å². The standard InChI is InChI=1S/C15H15BrN2O2/c16-13-6-3-10(15-12(13)2-1-7-17-15)8-18(9-14(19)20)11-4-5-11/h1-3,6-7,11H,4-5,8-9H2,(H,19,20). The van der Waals surface area contributed by atoms with E-state index in [9.17, 15) is 4.79 Å². The molecular weight excluding hydrogens is 320 g/mol. The van der Waals surface area contributed by atoms with Crippen LogP contribution in [0.25, 0.3) is 10.9 Å². The second-order valence-corrected chi connectivity index (χ2v) is 5.99. The van der Waals surface area contributed by atoms with Crippen LogP contribution in [-0.4, -0.2) is 33.5 Å². The van der Waals surface area contributed by atoms with Crippen molar-refractivity contribution in [3.63, 3.8) is 0 Å². The number of hydrogen-bond donors (Lipinski definition) is 1. The Bertz CT molecular complexity index is 655. The first-order valence-electron chi connectivity index (χ1n) is 6.63. The number of carboxylic acids is 1. The Labute approximate surface area is 125 Å². The van der Waals surface area contributed by atoms with Crippen LogP contribution in [0.5, 0.6) is 0 Å². The van der Waals surface area contributed by atoms with Crippen molar-refractivity contribution in [2.24, 2.45) is 0 Å². The smallest absolute Gasteiger partial charge is 0.317 e. The lowest BCUT2D eigenvalue weighted by molar-refractivity contribution is -0.138. The zero-order valence-corrected chi connectivity index (χ0v) is 12.5. The highest BCUT2D eigenvalue weighted by atomic mass is 79.9. The quantitative estimate of drug-likeness (QED) is 0.913. The normalized spacial score (nSPS) is 14.9. The molecule has 1 aromatic carbocycles. The van der Waals surface area contributed by atoms with E-state index in [1.54, 1.807) is 6.20 Å². The van der Waals surface area contributed by atoms with E-state index < -0.39 is 5.97 Å². The Morgan fingerprint density at radius 3 is 2.90 bits per heavy atom. The number of fused-ring (bicyclic) bond motifs is 1. The second-order valence-electron chi connectivity index (χ2n) is 5.14. The summed E-state index contributed by atoms with van der Waals surface area (Å²) in [6.07, 6.45) is 3.96. The first kappa shape index (κ1) is 13.5. The second kappa shape index (κ2) is 5.50. The highest BCUT2D eigenvalue weighted by Crippen LogP contribution is 2.31. The number of carbonyl (C=O) groups is 1. The van der Waals surface area contributed by atoms with Crippen molar-refractivity contribution in [2.45, 2.75) is 25.4 Å².